The molecule has 1 aromatic rings. The molecule has 0 radical (unpaired) electrons. The summed E-state index contributed by atoms with van der Waals surface area (Å²) in [6.45, 7) is 1.53. The Labute approximate surface area is 102 Å². The summed E-state index contributed by atoms with van der Waals surface area (Å²) in [6.07, 6.45) is -0.655. The van der Waals surface area contributed by atoms with Crippen molar-refractivity contribution in [3.63, 3.8) is 0 Å². The first kappa shape index (κ1) is 14.2. The lowest BCUT2D eigenvalue weighted by Crippen LogP contribution is -2.24. The monoisotopic (exact) mass is 258 g/mol. The molecule has 0 bridgehead atoms. The predicted octanol–water partition coefficient (Wildman–Crippen LogP) is 0.840. The van der Waals surface area contributed by atoms with Crippen LogP contribution >= 0.6 is 0 Å². The van der Waals surface area contributed by atoms with E-state index in [1.54, 1.807) is 25.1 Å². The van der Waals surface area contributed by atoms with E-state index in [0.29, 0.717) is 0 Å². The lowest BCUT2D eigenvalue weighted by atomic mass is 10.0. The van der Waals surface area contributed by atoms with Crippen molar-refractivity contribution in [2.45, 2.75) is 24.3 Å². The van der Waals surface area contributed by atoms with Crippen molar-refractivity contribution >= 4 is 9.84 Å². The highest BCUT2D eigenvalue weighted by Gasteiger charge is 2.19. The van der Waals surface area contributed by atoms with Gasteiger partial charge in [0.25, 0.3) is 0 Å². The Morgan fingerprint density at radius 2 is 1.82 bits per heavy atom. The summed E-state index contributed by atoms with van der Waals surface area (Å²) in [6, 6.07) is 8.16. The fourth-order valence-corrected chi connectivity index (χ4v) is 2.79. The third-order valence-corrected chi connectivity index (χ3v) is 4.49. The molecule has 1 aromatic carbocycles. The van der Waals surface area contributed by atoms with Crippen molar-refractivity contribution in [2.24, 2.45) is 5.92 Å². The van der Waals surface area contributed by atoms with Gasteiger partial charge in [-0.1, -0.05) is 25.1 Å². The molecule has 2 atom stereocenters. The molecule has 0 aromatic heterocycles. The second-order valence-corrected chi connectivity index (χ2v) is 6.26. The number of rotatable bonds is 6. The molecule has 0 aliphatic carbocycles. The van der Waals surface area contributed by atoms with Crippen LogP contribution in [0.4, 0.5) is 0 Å². The van der Waals surface area contributed by atoms with Crippen molar-refractivity contribution in [1.82, 2.24) is 0 Å². The van der Waals surface area contributed by atoms with Crippen LogP contribution < -0.4 is 0 Å². The smallest absolute Gasteiger partial charge is 0.178 e. The van der Waals surface area contributed by atoms with Gasteiger partial charge in [-0.3, -0.25) is 0 Å². The van der Waals surface area contributed by atoms with Crippen LogP contribution in [0.15, 0.2) is 35.2 Å². The zero-order chi connectivity index (χ0) is 12.9. The van der Waals surface area contributed by atoms with E-state index in [9.17, 15) is 13.5 Å². The summed E-state index contributed by atoms with van der Waals surface area (Å²) >= 11 is 0. The van der Waals surface area contributed by atoms with E-state index in [2.05, 4.69) is 0 Å². The molecule has 0 heterocycles. The summed E-state index contributed by atoms with van der Waals surface area (Å²) in [5.41, 5.74) is 0. The van der Waals surface area contributed by atoms with E-state index in [1.165, 1.54) is 12.1 Å². The second kappa shape index (κ2) is 6.14. The zero-order valence-electron chi connectivity index (χ0n) is 9.78. The molecule has 0 saturated heterocycles. The molecule has 4 nitrogen and oxygen atoms in total. The van der Waals surface area contributed by atoms with Gasteiger partial charge in [0.15, 0.2) is 9.84 Å². The first-order valence-electron chi connectivity index (χ1n) is 5.54. The zero-order valence-corrected chi connectivity index (χ0v) is 10.6. The number of aliphatic hydroxyl groups excluding tert-OH is 2. The van der Waals surface area contributed by atoms with Crippen LogP contribution in [-0.4, -0.2) is 37.1 Å². The molecule has 1 rings (SSSR count). The Hall–Kier alpha value is -0.910. The van der Waals surface area contributed by atoms with Crippen molar-refractivity contribution in [3.05, 3.63) is 30.3 Å². The van der Waals surface area contributed by atoms with E-state index in [1.807, 2.05) is 0 Å². The Balaban J connectivity index is 2.63. The number of sulfone groups is 1. The van der Waals surface area contributed by atoms with Crippen LogP contribution in [0.2, 0.25) is 0 Å². The molecule has 17 heavy (non-hydrogen) atoms. The maximum atomic E-state index is 11.9. The maximum absolute atomic E-state index is 11.9. The van der Waals surface area contributed by atoms with Gasteiger partial charge in [0, 0.05) is 12.5 Å². The molecular weight excluding hydrogens is 240 g/mol. The molecule has 0 spiro atoms. The van der Waals surface area contributed by atoms with E-state index in [0.717, 1.165) is 0 Å². The number of aliphatic hydroxyl groups is 2. The van der Waals surface area contributed by atoms with E-state index < -0.39 is 15.9 Å². The second-order valence-electron chi connectivity index (χ2n) is 4.15. The summed E-state index contributed by atoms with van der Waals surface area (Å²) < 4.78 is 23.7. The predicted molar refractivity (Wildman–Crippen MR) is 65.4 cm³/mol. The molecule has 0 saturated carbocycles. The van der Waals surface area contributed by atoms with Crippen molar-refractivity contribution in [1.29, 1.82) is 0 Å². The van der Waals surface area contributed by atoms with Crippen LogP contribution in [0.5, 0.6) is 0 Å². The van der Waals surface area contributed by atoms with Gasteiger partial charge in [-0.05, 0) is 18.6 Å². The Bertz CT molecular complexity index is 427. The molecule has 0 aliphatic rings. The summed E-state index contributed by atoms with van der Waals surface area (Å²) in [7, 11) is -3.34. The van der Waals surface area contributed by atoms with Crippen LogP contribution in [0.1, 0.15) is 13.3 Å². The highest BCUT2D eigenvalue weighted by atomic mass is 32.2. The third kappa shape index (κ3) is 4.11. The van der Waals surface area contributed by atoms with E-state index >= 15 is 0 Å². The minimum Gasteiger partial charge on any atom is -0.396 e. The first-order chi connectivity index (χ1) is 7.97. The van der Waals surface area contributed by atoms with E-state index in [4.69, 9.17) is 5.11 Å². The molecule has 2 N–H and O–H groups in total. The lowest BCUT2D eigenvalue weighted by molar-refractivity contribution is 0.0749. The van der Waals surface area contributed by atoms with Gasteiger partial charge < -0.3 is 10.2 Å². The van der Waals surface area contributed by atoms with Gasteiger partial charge >= 0.3 is 0 Å². The maximum Gasteiger partial charge on any atom is 0.178 e. The van der Waals surface area contributed by atoms with Crippen LogP contribution in [-0.2, 0) is 9.84 Å². The highest BCUT2D eigenvalue weighted by molar-refractivity contribution is 7.91. The minimum absolute atomic E-state index is 0.109. The van der Waals surface area contributed by atoms with Gasteiger partial charge in [-0.25, -0.2) is 8.42 Å². The normalized spacial score (nSPS) is 15.5. The van der Waals surface area contributed by atoms with Gasteiger partial charge in [-0.15, -0.1) is 0 Å². The molecular formula is C12H18O4S. The van der Waals surface area contributed by atoms with E-state index in [-0.39, 0.29) is 29.6 Å². The summed E-state index contributed by atoms with van der Waals surface area (Å²) in [5, 5.41) is 18.4. The molecule has 96 valence electrons. The summed E-state index contributed by atoms with van der Waals surface area (Å²) in [5.74, 6) is -0.413. The molecule has 0 amide bonds. The fourth-order valence-electron chi connectivity index (χ4n) is 1.43. The quantitative estimate of drug-likeness (QED) is 0.793. The van der Waals surface area contributed by atoms with Crippen LogP contribution in [0.25, 0.3) is 0 Å². The number of hydrogen-bond donors (Lipinski definition) is 2. The van der Waals surface area contributed by atoms with Crippen molar-refractivity contribution in [2.75, 3.05) is 12.4 Å². The Morgan fingerprint density at radius 3 is 2.35 bits per heavy atom. The average Bonchev–Trinajstić information content (AvgIpc) is 2.36. The molecule has 0 unspecified atom stereocenters. The molecule has 0 aliphatic heterocycles. The molecule has 5 heteroatoms. The van der Waals surface area contributed by atoms with Gasteiger partial charge in [0.1, 0.15) is 0 Å². The standard InChI is InChI=1S/C12H18O4S/c1-10(9-13)12(14)7-8-17(15,16)11-5-3-2-4-6-11/h2-6,10,12-14H,7-9H2,1H3/t10-,12+/m0/s1. The summed E-state index contributed by atoms with van der Waals surface area (Å²) in [4.78, 5) is 0.267. The van der Waals surface area contributed by atoms with Crippen LogP contribution in [0, 0.1) is 5.92 Å². The fraction of sp³-hybridized carbons (Fsp3) is 0.500. The van der Waals surface area contributed by atoms with Gasteiger partial charge in [0.05, 0.1) is 16.8 Å². The average molecular weight is 258 g/mol. The Morgan fingerprint density at radius 1 is 1.24 bits per heavy atom. The minimum atomic E-state index is -3.34. The third-order valence-electron chi connectivity index (χ3n) is 2.73. The topological polar surface area (TPSA) is 74.6 Å². The van der Waals surface area contributed by atoms with Crippen molar-refractivity contribution in [3.8, 4) is 0 Å². The number of benzene rings is 1. The van der Waals surface area contributed by atoms with Gasteiger partial charge in [-0.2, -0.15) is 0 Å². The van der Waals surface area contributed by atoms with Crippen molar-refractivity contribution < 1.29 is 18.6 Å². The van der Waals surface area contributed by atoms with Crippen LogP contribution in [0.3, 0.4) is 0 Å². The SMILES string of the molecule is C[C@@H](CO)[C@H](O)CCS(=O)(=O)c1ccccc1. The largest absolute Gasteiger partial charge is 0.396 e. The first-order valence-corrected chi connectivity index (χ1v) is 7.19. The lowest BCUT2D eigenvalue weighted by Gasteiger charge is -2.16. The molecule has 0 fully saturated rings. The number of hydrogen-bond acceptors (Lipinski definition) is 4. The van der Waals surface area contributed by atoms with Gasteiger partial charge in [0.2, 0.25) is 0 Å². The Kier molecular flexibility index (Phi) is 5.11. The highest BCUT2D eigenvalue weighted by Crippen LogP contribution is 2.14.